The zero-order valence-corrected chi connectivity index (χ0v) is 7.23. The number of hydrogen-bond donors (Lipinski definition) is 0. The van der Waals surface area contributed by atoms with Crippen molar-refractivity contribution in [1.29, 1.82) is 0 Å². The first-order valence-electron chi connectivity index (χ1n) is 3.61. The van der Waals surface area contributed by atoms with Gasteiger partial charge in [0.1, 0.15) is 6.61 Å². The predicted octanol–water partition coefficient (Wildman–Crippen LogP) is 1.78. The lowest BCUT2D eigenvalue weighted by Gasteiger charge is -2.22. The van der Waals surface area contributed by atoms with Gasteiger partial charge in [-0.2, -0.15) is 0 Å². The molecular weight excluding hydrogens is 128 g/mol. The van der Waals surface area contributed by atoms with Gasteiger partial charge in [0.05, 0.1) is 5.60 Å². The Morgan fingerprint density at radius 1 is 1.50 bits per heavy atom. The fraction of sp³-hybridized carbons (Fsp3) is 0.875. The monoisotopic (exact) mass is 144 g/mol. The van der Waals surface area contributed by atoms with Crippen molar-refractivity contribution in [2.45, 2.75) is 39.7 Å². The summed E-state index contributed by atoms with van der Waals surface area (Å²) < 4.78 is 5.29. The van der Waals surface area contributed by atoms with Gasteiger partial charge in [0.15, 0.2) is 5.78 Å². The Morgan fingerprint density at radius 2 is 2.00 bits per heavy atom. The lowest BCUT2D eigenvalue weighted by atomic mass is 10.1. The highest BCUT2D eigenvalue weighted by atomic mass is 16.5. The molecule has 0 fully saturated rings. The lowest BCUT2D eigenvalue weighted by Crippen LogP contribution is -2.25. The van der Waals surface area contributed by atoms with Gasteiger partial charge in [-0.15, -0.1) is 0 Å². The maximum absolute atomic E-state index is 10.5. The van der Waals surface area contributed by atoms with Gasteiger partial charge in [-0.25, -0.2) is 0 Å². The average Bonchev–Trinajstić information content (AvgIpc) is 1.85. The van der Waals surface area contributed by atoms with E-state index >= 15 is 0 Å². The van der Waals surface area contributed by atoms with Crippen LogP contribution in [0.25, 0.3) is 0 Å². The molecule has 0 aromatic carbocycles. The van der Waals surface area contributed by atoms with E-state index in [1.807, 2.05) is 20.8 Å². The third-order valence-corrected chi connectivity index (χ3v) is 1.52. The summed E-state index contributed by atoms with van der Waals surface area (Å²) in [5.41, 5.74) is -0.147. The van der Waals surface area contributed by atoms with Crippen LogP contribution in [-0.2, 0) is 9.53 Å². The van der Waals surface area contributed by atoms with Crippen LogP contribution < -0.4 is 0 Å². The van der Waals surface area contributed by atoms with E-state index in [-0.39, 0.29) is 18.0 Å². The van der Waals surface area contributed by atoms with Gasteiger partial charge < -0.3 is 4.74 Å². The summed E-state index contributed by atoms with van der Waals surface area (Å²) in [6.07, 6.45) is 0.931. The number of rotatable bonds is 4. The molecule has 0 heterocycles. The van der Waals surface area contributed by atoms with E-state index in [1.54, 1.807) is 0 Å². The van der Waals surface area contributed by atoms with E-state index in [1.165, 1.54) is 6.92 Å². The molecule has 0 amide bonds. The maximum atomic E-state index is 10.5. The Labute approximate surface area is 62.6 Å². The van der Waals surface area contributed by atoms with Crippen LogP contribution >= 0.6 is 0 Å². The normalized spacial score (nSPS) is 11.6. The highest BCUT2D eigenvalue weighted by molar-refractivity contribution is 5.76. The molecule has 0 atom stereocenters. The SMILES string of the molecule is CCC(C)(C)OCC(C)=O. The second kappa shape index (κ2) is 3.71. The molecule has 0 unspecified atom stereocenters. The second-order valence-electron chi connectivity index (χ2n) is 3.10. The molecule has 10 heavy (non-hydrogen) atoms. The summed E-state index contributed by atoms with van der Waals surface area (Å²) in [5.74, 6) is 0.0847. The summed E-state index contributed by atoms with van der Waals surface area (Å²) in [5, 5.41) is 0. The summed E-state index contributed by atoms with van der Waals surface area (Å²) in [7, 11) is 0. The lowest BCUT2D eigenvalue weighted by molar-refractivity contribution is -0.127. The van der Waals surface area contributed by atoms with Crippen molar-refractivity contribution in [3.8, 4) is 0 Å². The van der Waals surface area contributed by atoms with Crippen molar-refractivity contribution in [2.75, 3.05) is 6.61 Å². The fourth-order valence-corrected chi connectivity index (χ4v) is 0.399. The molecule has 0 aliphatic heterocycles. The first-order chi connectivity index (χ1) is 4.48. The van der Waals surface area contributed by atoms with Gasteiger partial charge in [0.25, 0.3) is 0 Å². The van der Waals surface area contributed by atoms with Crippen LogP contribution in [0.5, 0.6) is 0 Å². The standard InChI is InChI=1S/C8H16O2/c1-5-8(3,4)10-6-7(2)9/h5-6H2,1-4H3. The van der Waals surface area contributed by atoms with E-state index in [0.29, 0.717) is 0 Å². The second-order valence-corrected chi connectivity index (χ2v) is 3.10. The van der Waals surface area contributed by atoms with Crippen LogP contribution in [-0.4, -0.2) is 18.0 Å². The summed E-state index contributed by atoms with van der Waals surface area (Å²) in [6, 6.07) is 0. The average molecular weight is 144 g/mol. The zero-order chi connectivity index (χ0) is 8.20. The Balaban J connectivity index is 3.56. The van der Waals surface area contributed by atoms with E-state index in [4.69, 9.17) is 4.74 Å². The highest BCUT2D eigenvalue weighted by Crippen LogP contribution is 2.12. The number of carbonyl (C=O) groups excluding carboxylic acids is 1. The highest BCUT2D eigenvalue weighted by Gasteiger charge is 2.15. The summed E-state index contributed by atoms with van der Waals surface area (Å²) in [4.78, 5) is 10.5. The first-order valence-corrected chi connectivity index (χ1v) is 3.61. The molecule has 2 heteroatoms. The van der Waals surface area contributed by atoms with Crippen molar-refractivity contribution in [2.24, 2.45) is 0 Å². The largest absolute Gasteiger partial charge is 0.368 e. The molecule has 0 spiro atoms. The van der Waals surface area contributed by atoms with Crippen LogP contribution in [0.4, 0.5) is 0 Å². The van der Waals surface area contributed by atoms with Gasteiger partial charge in [0, 0.05) is 0 Å². The van der Waals surface area contributed by atoms with E-state index in [9.17, 15) is 4.79 Å². The van der Waals surface area contributed by atoms with Crippen molar-refractivity contribution in [3.05, 3.63) is 0 Å². The molecule has 0 aromatic rings. The van der Waals surface area contributed by atoms with Crippen LogP contribution in [0.15, 0.2) is 0 Å². The number of ether oxygens (including phenoxy) is 1. The molecule has 0 radical (unpaired) electrons. The van der Waals surface area contributed by atoms with Gasteiger partial charge in [0.2, 0.25) is 0 Å². The molecule has 2 nitrogen and oxygen atoms in total. The molecule has 0 N–H and O–H groups in total. The van der Waals surface area contributed by atoms with Crippen molar-refractivity contribution in [1.82, 2.24) is 0 Å². The van der Waals surface area contributed by atoms with Crippen LogP contribution in [0.3, 0.4) is 0 Å². The molecule has 0 saturated carbocycles. The topological polar surface area (TPSA) is 26.3 Å². The number of ketones is 1. The van der Waals surface area contributed by atoms with Gasteiger partial charge in [-0.3, -0.25) is 4.79 Å². The van der Waals surface area contributed by atoms with E-state index in [0.717, 1.165) is 6.42 Å². The third-order valence-electron chi connectivity index (χ3n) is 1.52. The molecule has 60 valence electrons. The van der Waals surface area contributed by atoms with Gasteiger partial charge in [-0.1, -0.05) is 6.92 Å². The predicted molar refractivity (Wildman–Crippen MR) is 41.0 cm³/mol. The van der Waals surface area contributed by atoms with Crippen LogP contribution in [0.2, 0.25) is 0 Å². The minimum absolute atomic E-state index is 0.0847. The van der Waals surface area contributed by atoms with Gasteiger partial charge in [-0.05, 0) is 27.2 Å². The quantitative estimate of drug-likeness (QED) is 0.601. The van der Waals surface area contributed by atoms with Crippen molar-refractivity contribution < 1.29 is 9.53 Å². The third kappa shape index (κ3) is 4.50. The Hall–Kier alpha value is -0.370. The summed E-state index contributed by atoms with van der Waals surface area (Å²) in [6.45, 7) is 7.78. The Bertz CT molecular complexity index is 116. The molecule has 0 rings (SSSR count). The Kier molecular flexibility index (Phi) is 3.58. The van der Waals surface area contributed by atoms with Gasteiger partial charge >= 0.3 is 0 Å². The van der Waals surface area contributed by atoms with Crippen molar-refractivity contribution in [3.63, 3.8) is 0 Å². The zero-order valence-electron chi connectivity index (χ0n) is 7.23. The van der Waals surface area contributed by atoms with Crippen molar-refractivity contribution >= 4 is 5.78 Å². The molecule has 0 aliphatic rings. The van der Waals surface area contributed by atoms with E-state index < -0.39 is 0 Å². The molecular formula is C8H16O2. The summed E-state index contributed by atoms with van der Waals surface area (Å²) >= 11 is 0. The number of hydrogen-bond acceptors (Lipinski definition) is 2. The number of carbonyl (C=O) groups is 1. The maximum Gasteiger partial charge on any atom is 0.155 e. The fourth-order valence-electron chi connectivity index (χ4n) is 0.399. The first kappa shape index (κ1) is 9.63. The molecule has 0 aliphatic carbocycles. The molecule has 0 saturated heterocycles. The molecule has 0 bridgehead atoms. The Morgan fingerprint density at radius 3 is 2.30 bits per heavy atom. The minimum atomic E-state index is -0.147. The molecule has 0 aromatic heterocycles. The smallest absolute Gasteiger partial charge is 0.155 e. The van der Waals surface area contributed by atoms with Crippen LogP contribution in [0, 0.1) is 0 Å². The number of Topliss-reactive ketones (excluding diaryl/α,β-unsaturated/α-hetero) is 1. The van der Waals surface area contributed by atoms with E-state index in [2.05, 4.69) is 0 Å². The van der Waals surface area contributed by atoms with Crippen LogP contribution in [0.1, 0.15) is 34.1 Å². The minimum Gasteiger partial charge on any atom is -0.368 e.